The van der Waals surface area contributed by atoms with Crippen LogP contribution in [-0.4, -0.2) is 27.0 Å². The molecular formula is C14H14N2O3. The van der Waals surface area contributed by atoms with Crippen LogP contribution in [0.25, 0.3) is 22.0 Å². The zero-order chi connectivity index (χ0) is 13.6. The SMILES string of the molecule is CCn1c(C)nc2ccc3oc(C(=O)CO)cc3c21. The highest BCUT2D eigenvalue weighted by molar-refractivity contribution is 6.06. The number of carbonyl (C=O) groups excluding carboxylic acids is 1. The lowest BCUT2D eigenvalue weighted by molar-refractivity contribution is 0.0878. The highest BCUT2D eigenvalue weighted by atomic mass is 16.3. The van der Waals surface area contributed by atoms with Gasteiger partial charge >= 0.3 is 0 Å². The van der Waals surface area contributed by atoms with Crippen molar-refractivity contribution >= 4 is 27.8 Å². The maximum absolute atomic E-state index is 11.5. The first kappa shape index (κ1) is 11.9. The summed E-state index contributed by atoms with van der Waals surface area (Å²) in [4.78, 5) is 16.0. The normalized spacial score (nSPS) is 11.5. The van der Waals surface area contributed by atoms with Crippen LogP contribution >= 0.6 is 0 Å². The number of aryl methyl sites for hydroxylation is 2. The predicted molar refractivity (Wildman–Crippen MR) is 71.3 cm³/mol. The Morgan fingerprint density at radius 2 is 2.26 bits per heavy atom. The Hall–Kier alpha value is -2.14. The van der Waals surface area contributed by atoms with Crippen molar-refractivity contribution in [1.29, 1.82) is 0 Å². The molecule has 0 amide bonds. The summed E-state index contributed by atoms with van der Waals surface area (Å²) in [6.45, 7) is 4.26. The minimum atomic E-state index is -0.547. The van der Waals surface area contributed by atoms with Crippen molar-refractivity contribution in [3.05, 3.63) is 29.8 Å². The fraction of sp³-hybridized carbons (Fsp3) is 0.286. The second-order valence-corrected chi connectivity index (χ2v) is 4.44. The van der Waals surface area contributed by atoms with Crippen molar-refractivity contribution in [1.82, 2.24) is 9.55 Å². The number of ketones is 1. The third-order valence-corrected chi connectivity index (χ3v) is 3.33. The lowest BCUT2D eigenvalue weighted by Crippen LogP contribution is -2.01. The Morgan fingerprint density at radius 1 is 1.47 bits per heavy atom. The number of rotatable bonds is 3. The highest BCUT2D eigenvalue weighted by Crippen LogP contribution is 2.29. The van der Waals surface area contributed by atoms with Gasteiger partial charge in [0, 0.05) is 11.9 Å². The Kier molecular flexibility index (Phi) is 2.64. The molecule has 0 saturated heterocycles. The zero-order valence-electron chi connectivity index (χ0n) is 10.8. The van der Waals surface area contributed by atoms with Gasteiger partial charge in [0.2, 0.25) is 5.78 Å². The Bertz CT molecular complexity index is 783. The number of hydrogen-bond acceptors (Lipinski definition) is 4. The summed E-state index contributed by atoms with van der Waals surface area (Å²) in [5, 5.41) is 9.76. The molecule has 1 N–H and O–H groups in total. The Labute approximate surface area is 109 Å². The van der Waals surface area contributed by atoms with Crippen LogP contribution in [0.4, 0.5) is 0 Å². The van der Waals surface area contributed by atoms with E-state index in [1.807, 2.05) is 19.9 Å². The lowest BCUT2D eigenvalue weighted by atomic mass is 10.2. The van der Waals surface area contributed by atoms with Gasteiger partial charge in [-0.25, -0.2) is 4.98 Å². The van der Waals surface area contributed by atoms with E-state index < -0.39 is 12.4 Å². The second kappa shape index (κ2) is 4.20. The number of aliphatic hydroxyl groups excluding tert-OH is 1. The fourth-order valence-electron chi connectivity index (χ4n) is 2.46. The van der Waals surface area contributed by atoms with E-state index in [4.69, 9.17) is 9.52 Å². The lowest BCUT2D eigenvalue weighted by Gasteiger charge is -2.01. The van der Waals surface area contributed by atoms with Gasteiger partial charge in [0.1, 0.15) is 18.0 Å². The number of nitrogens with zero attached hydrogens (tertiary/aromatic N) is 2. The largest absolute Gasteiger partial charge is 0.453 e. The topological polar surface area (TPSA) is 68.3 Å². The number of hydrogen-bond donors (Lipinski definition) is 1. The van der Waals surface area contributed by atoms with Gasteiger partial charge in [-0.1, -0.05) is 0 Å². The summed E-state index contributed by atoms with van der Waals surface area (Å²) >= 11 is 0. The van der Waals surface area contributed by atoms with Crippen molar-refractivity contribution in [3.63, 3.8) is 0 Å². The van der Waals surface area contributed by atoms with E-state index in [0.29, 0.717) is 5.58 Å². The molecule has 0 fully saturated rings. The summed E-state index contributed by atoms with van der Waals surface area (Å²) in [6.07, 6.45) is 0. The standard InChI is InChI=1S/C14H14N2O3/c1-3-16-8(2)15-10-4-5-12-9(14(10)16)6-13(19-12)11(18)7-17/h4-6,17H,3,7H2,1-2H3. The van der Waals surface area contributed by atoms with Gasteiger partial charge in [0.15, 0.2) is 5.76 Å². The Morgan fingerprint density at radius 3 is 2.95 bits per heavy atom. The van der Waals surface area contributed by atoms with Crippen LogP contribution in [-0.2, 0) is 6.54 Å². The molecule has 0 saturated carbocycles. The number of benzene rings is 1. The van der Waals surface area contributed by atoms with Gasteiger partial charge in [-0.2, -0.15) is 0 Å². The van der Waals surface area contributed by atoms with Crippen molar-refractivity contribution in [3.8, 4) is 0 Å². The maximum Gasteiger partial charge on any atom is 0.223 e. The quantitative estimate of drug-likeness (QED) is 0.732. The van der Waals surface area contributed by atoms with Crippen molar-refractivity contribution < 1.29 is 14.3 Å². The van der Waals surface area contributed by atoms with Gasteiger partial charge in [0.05, 0.1) is 11.0 Å². The first-order chi connectivity index (χ1) is 9.15. The molecule has 5 nitrogen and oxygen atoms in total. The van der Waals surface area contributed by atoms with Crippen LogP contribution in [0.3, 0.4) is 0 Å². The van der Waals surface area contributed by atoms with Crippen molar-refractivity contribution in [2.75, 3.05) is 6.61 Å². The molecule has 0 bridgehead atoms. The van der Waals surface area contributed by atoms with E-state index in [0.717, 1.165) is 28.8 Å². The Balaban J connectivity index is 2.38. The average Bonchev–Trinajstić information content (AvgIpc) is 2.96. The summed E-state index contributed by atoms with van der Waals surface area (Å²) in [5.41, 5.74) is 2.49. The third-order valence-electron chi connectivity index (χ3n) is 3.33. The van der Waals surface area contributed by atoms with Crippen LogP contribution in [0.15, 0.2) is 22.6 Å². The highest BCUT2D eigenvalue weighted by Gasteiger charge is 2.16. The monoisotopic (exact) mass is 258 g/mol. The minimum Gasteiger partial charge on any atom is -0.453 e. The van der Waals surface area contributed by atoms with Crippen LogP contribution in [0.2, 0.25) is 0 Å². The number of aliphatic hydroxyl groups is 1. The number of fused-ring (bicyclic) bond motifs is 3. The van der Waals surface area contributed by atoms with Crippen LogP contribution in [0.1, 0.15) is 23.3 Å². The molecule has 2 heterocycles. The smallest absolute Gasteiger partial charge is 0.223 e. The van der Waals surface area contributed by atoms with E-state index in [9.17, 15) is 4.79 Å². The first-order valence-electron chi connectivity index (χ1n) is 6.19. The zero-order valence-corrected chi connectivity index (χ0v) is 10.8. The molecule has 1 aromatic carbocycles. The molecule has 2 aromatic heterocycles. The fourth-order valence-corrected chi connectivity index (χ4v) is 2.46. The molecule has 5 heteroatoms. The summed E-state index contributed by atoms with van der Waals surface area (Å²) in [7, 11) is 0. The number of Topliss-reactive ketones (excluding diaryl/α,β-unsaturated/α-hetero) is 1. The molecule has 0 unspecified atom stereocenters. The molecule has 0 radical (unpaired) electrons. The number of aromatic nitrogens is 2. The molecule has 0 aliphatic heterocycles. The van der Waals surface area contributed by atoms with Crippen LogP contribution in [0, 0.1) is 6.92 Å². The van der Waals surface area contributed by atoms with Gasteiger partial charge in [0.25, 0.3) is 0 Å². The number of carbonyl (C=O) groups is 1. The van der Waals surface area contributed by atoms with Gasteiger partial charge in [-0.15, -0.1) is 0 Å². The van der Waals surface area contributed by atoms with E-state index in [-0.39, 0.29) is 5.76 Å². The van der Waals surface area contributed by atoms with Gasteiger partial charge in [-0.3, -0.25) is 4.79 Å². The molecule has 0 atom stereocenters. The number of furan rings is 1. The van der Waals surface area contributed by atoms with Crippen LogP contribution < -0.4 is 0 Å². The van der Waals surface area contributed by atoms with Crippen LogP contribution in [0.5, 0.6) is 0 Å². The molecular weight excluding hydrogens is 244 g/mol. The van der Waals surface area contributed by atoms with Crippen molar-refractivity contribution in [2.24, 2.45) is 0 Å². The summed E-state index contributed by atoms with van der Waals surface area (Å²) in [6, 6.07) is 5.37. The van der Waals surface area contributed by atoms with Gasteiger partial charge in [-0.05, 0) is 32.0 Å². The second-order valence-electron chi connectivity index (χ2n) is 4.44. The van der Waals surface area contributed by atoms with E-state index in [1.54, 1.807) is 12.1 Å². The number of imidazole rings is 1. The minimum absolute atomic E-state index is 0.187. The van der Waals surface area contributed by atoms with E-state index in [1.165, 1.54) is 0 Å². The molecule has 98 valence electrons. The molecule has 3 aromatic rings. The summed E-state index contributed by atoms with van der Waals surface area (Å²) < 4.78 is 7.57. The van der Waals surface area contributed by atoms with Crippen molar-refractivity contribution in [2.45, 2.75) is 20.4 Å². The molecule has 19 heavy (non-hydrogen) atoms. The van der Waals surface area contributed by atoms with E-state index >= 15 is 0 Å². The van der Waals surface area contributed by atoms with Gasteiger partial charge < -0.3 is 14.1 Å². The third kappa shape index (κ3) is 1.66. The molecule has 0 aliphatic carbocycles. The van der Waals surface area contributed by atoms with E-state index in [2.05, 4.69) is 9.55 Å². The first-order valence-corrected chi connectivity index (χ1v) is 6.19. The molecule has 0 spiro atoms. The average molecular weight is 258 g/mol. The molecule has 0 aliphatic rings. The summed E-state index contributed by atoms with van der Waals surface area (Å²) in [5.74, 6) is 0.705. The predicted octanol–water partition coefficient (Wildman–Crippen LogP) is 2.29. The molecule has 3 rings (SSSR count). The maximum atomic E-state index is 11.5.